The lowest BCUT2D eigenvalue weighted by Crippen LogP contribution is -2.60. The standard InChI is InChI=1S/C35H68O/c1-7-13-19-25-33(26-20-14-8-2)31-32-36-35(29-23-17-11-5,30-24-18-12-6)34(33,27-21-15-9-3)28-22-16-10-4/h31-32H,7-30H2,1-6H3. The van der Waals surface area contributed by atoms with E-state index in [9.17, 15) is 0 Å². The second-order valence-corrected chi connectivity index (χ2v) is 12.4. The molecule has 0 fully saturated rings. The Bertz CT molecular complexity index is 503. The van der Waals surface area contributed by atoms with Gasteiger partial charge in [0.25, 0.3) is 0 Å². The van der Waals surface area contributed by atoms with Crippen LogP contribution in [0.25, 0.3) is 0 Å². The van der Waals surface area contributed by atoms with Crippen LogP contribution in [0.2, 0.25) is 0 Å². The molecule has 0 saturated heterocycles. The Morgan fingerprint density at radius 3 is 1.11 bits per heavy atom. The van der Waals surface area contributed by atoms with Crippen LogP contribution in [0.5, 0.6) is 0 Å². The Labute approximate surface area is 229 Å². The molecular weight excluding hydrogens is 436 g/mol. The van der Waals surface area contributed by atoms with Gasteiger partial charge in [0.1, 0.15) is 5.60 Å². The first-order valence-electron chi connectivity index (χ1n) is 16.9. The highest BCUT2D eigenvalue weighted by Gasteiger charge is 2.62. The molecule has 1 nitrogen and oxygen atoms in total. The van der Waals surface area contributed by atoms with Gasteiger partial charge in [-0.25, -0.2) is 0 Å². The zero-order chi connectivity index (χ0) is 26.6. The van der Waals surface area contributed by atoms with Crippen LogP contribution < -0.4 is 0 Å². The predicted molar refractivity (Wildman–Crippen MR) is 163 cm³/mol. The lowest BCUT2D eigenvalue weighted by atomic mass is 9.46. The molecule has 1 aliphatic heterocycles. The van der Waals surface area contributed by atoms with E-state index in [0.29, 0.717) is 10.8 Å². The molecule has 0 aromatic rings. The Hall–Kier alpha value is -0.460. The molecule has 0 amide bonds. The maximum absolute atomic E-state index is 7.12. The van der Waals surface area contributed by atoms with Gasteiger partial charge in [-0.3, -0.25) is 0 Å². The highest BCUT2D eigenvalue weighted by atomic mass is 16.5. The Morgan fingerprint density at radius 2 is 0.750 bits per heavy atom. The lowest BCUT2D eigenvalue weighted by Gasteiger charge is -2.62. The number of unbranched alkanes of at least 4 members (excludes halogenated alkanes) is 12. The fourth-order valence-electron chi connectivity index (χ4n) is 7.65. The monoisotopic (exact) mass is 505 g/mol. The van der Waals surface area contributed by atoms with Crippen LogP contribution in [0.1, 0.15) is 196 Å². The van der Waals surface area contributed by atoms with Gasteiger partial charge in [0, 0.05) is 10.8 Å². The summed E-state index contributed by atoms with van der Waals surface area (Å²) in [5.74, 6) is 0. The second-order valence-electron chi connectivity index (χ2n) is 12.4. The van der Waals surface area contributed by atoms with Crippen molar-refractivity contribution in [2.45, 2.75) is 201 Å². The summed E-state index contributed by atoms with van der Waals surface area (Å²) in [7, 11) is 0. The maximum Gasteiger partial charge on any atom is 0.115 e. The fraction of sp³-hybridized carbons (Fsp3) is 0.943. The normalized spacial score (nSPS) is 17.8. The van der Waals surface area contributed by atoms with Crippen LogP contribution in [0.3, 0.4) is 0 Å². The zero-order valence-corrected chi connectivity index (χ0v) is 26.0. The first-order valence-corrected chi connectivity index (χ1v) is 16.9. The molecule has 0 saturated carbocycles. The minimum Gasteiger partial charge on any atom is -0.495 e. The van der Waals surface area contributed by atoms with Gasteiger partial charge in [-0.2, -0.15) is 0 Å². The molecule has 36 heavy (non-hydrogen) atoms. The van der Waals surface area contributed by atoms with Crippen molar-refractivity contribution in [1.29, 1.82) is 0 Å². The summed E-state index contributed by atoms with van der Waals surface area (Å²) in [6.07, 6.45) is 37.2. The molecule has 0 aromatic heterocycles. The molecule has 0 N–H and O–H groups in total. The number of allylic oxidation sites excluding steroid dienone is 1. The summed E-state index contributed by atoms with van der Waals surface area (Å²) >= 11 is 0. The van der Waals surface area contributed by atoms with Crippen LogP contribution in [-0.4, -0.2) is 5.60 Å². The largest absolute Gasteiger partial charge is 0.495 e. The van der Waals surface area contributed by atoms with Gasteiger partial charge < -0.3 is 4.74 Å². The van der Waals surface area contributed by atoms with Crippen molar-refractivity contribution >= 4 is 0 Å². The minimum absolute atomic E-state index is 0.0337. The van der Waals surface area contributed by atoms with Crippen molar-refractivity contribution in [1.82, 2.24) is 0 Å². The molecule has 0 atom stereocenters. The Balaban J connectivity index is 3.69. The van der Waals surface area contributed by atoms with E-state index in [4.69, 9.17) is 4.74 Å². The third kappa shape index (κ3) is 9.38. The average molecular weight is 505 g/mol. The SMILES string of the molecule is CCCCCC1(CCCCC)C=COC(CCCCC)(CCCCC)C1(CCCCC)CCCCC. The Morgan fingerprint density at radius 1 is 0.417 bits per heavy atom. The third-order valence-corrected chi connectivity index (χ3v) is 9.74. The molecule has 1 rings (SSSR count). The van der Waals surface area contributed by atoms with Crippen LogP contribution >= 0.6 is 0 Å². The predicted octanol–water partition coefficient (Wildman–Crippen LogP) is 12.7. The summed E-state index contributed by atoms with van der Waals surface area (Å²) < 4.78 is 7.12. The Kier molecular flexibility index (Phi) is 18.3. The summed E-state index contributed by atoms with van der Waals surface area (Å²) in [5.41, 5.74) is 0.642. The van der Waals surface area contributed by atoms with Crippen molar-refractivity contribution in [3.63, 3.8) is 0 Å². The first kappa shape index (κ1) is 33.6. The molecule has 0 bridgehead atoms. The van der Waals surface area contributed by atoms with Crippen molar-refractivity contribution in [3.8, 4) is 0 Å². The quantitative estimate of drug-likeness (QED) is 0.119. The number of rotatable bonds is 24. The van der Waals surface area contributed by atoms with E-state index in [1.54, 1.807) is 0 Å². The van der Waals surface area contributed by atoms with E-state index < -0.39 is 0 Å². The van der Waals surface area contributed by atoms with E-state index in [1.165, 1.54) is 154 Å². The zero-order valence-electron chi connectivity index (χ0n) is 26.0. The van der Waals surface area contributed by atoms with Crippen molar-refractivity contribution in [3.05, 3.63) is 12.3 Å². The molecule has 1 aliphatic rings. The summed E-state index contributed by atoms with van der Waals surface area (Å²) in [6.45, 7) is 14.2. The van der Waals surface area contributed by atoms with Crippen LogP contribution in [-0.2, 0) is 4.74 Å². The molecule has 1 heterocycles. The van der Waals surface area contributed by atoms with Crippen molar-refractivity contribution in [2.75, 3.05) is 0 Å². The summed E-state index contributed by atoms with van der Waals surface area (Å²) in [5, 5.41) is 0. The van der Waals surface area contributed by atoms with Crippen LogP contribution in [0, 0.1) is 10.8 Å². The number of hydrogen-bond donors (Lipinski definition) is 0. The highest BCUT2D eigenvalue weighted by molar-refractivity contribution is 5.19. The summed E-state index contributed by atoms with van der Waals surface area (Å²) in [4.78, 5) is 0. The molecule has 0 unspecified atom stereocenters. The fourth-order valence-corrected chi connectivity index (χ4v) is 7.65. The third-order valence-electron chi connectivity index (χ3n) is 9.74. The van der Waals surface area contributed by atoms with Crippen LogP contribution in [0.15, 0.2) is 12.3 Å². The van der Waals surface area contributed by atoms with Crippen molar-refractivity contribution < 1.29 is 4.74 Å². The second kappa shape index (κ2) is 19.6. The minimum atomic E-state index is 0.0337. The molecular formula is C35H68O. The van der Waals surface area contributed by atoms with Gasteiger partial charge in [0.15, 0.2) is 0 Å². The first-order chi connectivity index (χ1) is 17.6. The molecule has 1 heteroatoms. The molecule has 0 aliphatic carbocycles. The molecule has 214 valence electrons. The van der Waals surface area contributed by atoms with E-state index in [1.807, 2.05) is 0 Å². The van der Waals surface area contributed by atoms with Crippen molar-refractivity contribution in [2.24, 2.45) is 10.8 Å². The van der Waals surface area contributed by atoms with Crippen LogP contribution in [0.4, 0.5) is 0 Å². The van der Waals surface area contributed by atoms with Gasteiger partial charge in [0.05, 0.1) is 6.26 Å². The maximum atomic E-state index is 7.12. The van der Waals surface area contributed by atoms with E-state index in [2.05, 4.69) is 53.9 Å². The smallest absolute Gasteiger partial charge is 0.115 e. The van der Waals surface area contributed by atoms with E-state index >= 15 is 0 Å². The summed E-state index contributed by atoms with van der Waals surface area (Å²) in [6, 6.07) is 0. The highest BCUT2D eigenvalue weighted by Crippen LogP contribution is 2.65. The average Bonchev–Trinajstić information content (AvgIpc) is 2.87. The van der Waals surface area contributed by atoms with Gasteiger partial charge in [-0.1, -0.05) is 144 Å². The molecule has 0 spiro atoms. The number of hydrogen-bond acceptors (Lipinski definition) is 1. The molecule has 0 radical (unpaired) electrons. The molecule has 0 aromatic carbocycles. The lowest BCUT2D eigenvalue weighted by molar-refractivity contribution is -0.190. The van der Waals surface area contributed by atoms with Gasteiger partial charge >= 0.3 is 0 Å². The van der Waals surface area contributed by atoms with E-state index in [-0.39, 0.29) is 5.60 Å². The number of ether oxygens (including phenoxy) is 1. The van der Waals surface area contributed by atoms with E-state index in [0.717, 1.165) is 0 Å². The van der Waals surface area contributed by atoms with Gasteiger partial charge in [0.2, 0.25) is 0 Å². The van der Waals surface area contributed by atoms with Gasteiger partial charge in [-0.15, -0.1) is 0 Å². The van der Waals surface area contributed by atoms with Gasteiger partial charge in [-0.05, 0) is 57.4 Å². The topological polar surface area (TPSA) is 9.23 Å².